The first-order valence-corrected chi connectivity index (χ1v) is 7.73. The maximum Gasteiger partial charge on any atom is 0.0997 e. The Hall–Kier alpha value is -1.65. The second-order valence-corrected chi connectivity index (χ2v) is 5.93. The average molecular weight is 286 g/mol. The summed E-state index contributed by atoms with van der Waals surface area (Å²) < 4.78 is 3.06. The smallest absolute Gasteiger partial charge is 0.0997 e. The second-order valence-electron chi connectivity index (χ2n) is 5.01. The van der Waals surface area contributed by atoms with Gasteiger partial charge in [-0.25, -0.2) is 0 Å². The van der Waals surface area contributed by atoms with Crippen molar-refractivity contribution in [1.82, 2.24) is 9.78 Å². The summed E-state index contributed by atoms with van der Waals surface area (Å²) in [6.45, 7) is 2.07. The monoisotopic (exact) mass is 286 g/mol. The second kappa shape index (κ2) is 5.38. The summed E-state index contributed by atoms with van der Waals surface area (Å²) in [4.78, 5) is 0. The van der Waals surface area contributed by atoms with Gasteiger partial charge < -0.3 is 5.11 Å². The summed E-state index contributed by atoms with van der Waals surface area (Å²) in [5.41, 5.74) is 3.12. The van der Waals surface area contributed by atoms with Gasteiger partial charge in [-0.15, -0.1) is 11.3 Å². The van der Waals surface area contributed by atoms with E-state index in [2.05, 4.69) is 29.5 Å². The van der Waals surface area contributed by atoms with Crippen molar-refractivity contribution >= 4 is 21.4 Å². The number of hydrogen-bond donors (Lipinski definition) is 1. The van der Waals surface area contributed by atoms with Crippen LogP contribution in [0.5, 0.6) is 0 Å². The van der Waals surface area contributed by atoms with Crippen molar-refractivity contribution in [3.8, 4) is 0 Å². The Kier molecular flexibility index (Phi) is 3.59. The van der Waals surface area contributed by atoms with Gasteiger partial charge in [-0.1, -0.05) is 25.1 Å². The van der Waals surface area contributed by atoms with Crippen molar-refractivity contribution < 1.29 is 5.11 Å². The van der Waals surface area contributed by atoms with Crippen LogP contribution in [0.15, 0.2) is 35.7 Å². The third-order valence-corrected chi connectivity index (χ3v) is 4.66. The molecule has 1 N–H and O–H groups in total. The fourth-order valence-corrected chi connectivity index (χ4v) is 3.51. The first-order valence-electron chi connectivity index (χ1n) is 6.85. The van der Waals surface area contributed by atoms with Crippen molar-refractivity contribution in [2.45, 2.75) is 25.9 Å². The molecule has 0 aliphatic heterocycles. The van der Waals surface area contributed by atoms with Crippen molar-refractivity contribution in [2.75, 3.05) is 0 Å². The highest BCUT2D eigenvalue weighted by Gasteiger charge is 2.16. The Morgan fingerprint density at radius 1 is 1.35 bits per heavy atom. The van der Waals surface area contributed by atoms with Crippen LogP contribution in [0, 0.1) is 0 Å². The molecular weight excluding hydrogens is 268 g/mol. The molecule has 0 aliphatic rings. The van der Waals surface area contributed by atoms with Gasteiger partial charge in [0, 0.05) is 18.2 Å². The molecule has 3 nitrogen and oxygen atoms in total. The number of aromatic nitrogens is 2. The highest BCUT2D eigenvalue weighted by atomic mass is 32.1. The summed E-state index contributed by atoms with van der Waals surface area (Å²) in [5, 5.41) is 18.3. The minimum absolute atomic E-state index is 0.509. The molecule has 0 amide bonds. The van der Waals surface area contributed by atoms with E-state index in [4.69, 9.17) is 0 Å². The molecule has 1 unspecified atom stereocenters. The molecule has 2 heterocycles. The predicted octanol–water partition coefficient (Wildman–Crippen LogP) is 3.47. The summed E-state index contributed by atoms with van der Waals surface area (Å²) in [6, 6.07) is 10.3. The van der Waals surface area contributed by atoms with Crippen LogP contribution >= 0.6 is 11.3 Å². The van der Waals surface area contributed by atoms with Gasteiger partial charge in [-0.2, -0.15) is 5.10 Å². The number of fused-ring (bicyclic) bond motifs is 1. The van der Waals surface area contributed by atoms with Gasteiger partial charge in [-0.3, -0.25) is 4.68 Å². The number of aryl methyl sites for hydroxylation is 2. The predicted molar refractivity (Wildman–Crippen MR) is 83.1 cm³/mol. The topological polar surface area (TPSA) is 38.0 Å². The number of thiophene rings is 1. The molecule has 4 heteroatoms. The van der Waals surface area contributed by atoms with E-state index < -0.39 is 6.10 Å². The van der Waals surface area contributed by atoms with E-state index >= 15 is 0 Å². The lowest BCUT2D eigenvalue weighted by Crippen LogP contribution is -2.07. The van der Waals surface area contributed by atoms with Gasteiger partial charge in [-0.05, 0) is 34.9 Å². The van der Waals surface area contributed by atoms with Crippen LogP contribution in [0.4, 0.5) is 0 Å². The zero-order valence-corrected chi connectivity index (χ0v) is 12.5. The molecule has 3 aromatic rings. The van der Waals surface area contributed by atoms with Crippen LogP contribution in [0.3, 0.4) is 0 Å². The lowest BCUT2D eigenvalue weighted by Gasteiger charge is -2.10. The molecule has 0 fully saturated rings. The van der Waals surface area contributed by atoms with E-state index in [-0.39, 0.29) is 0 Å². The van der Waals surface area contributed by atoms with E-state index in [9.17, 15) is 5.11 Å². The maximum absolute atomic E-state index is 10.5. The Bertz CT molecular complexity index is 729. The molecule has 0 radical (unpaired) electrons. The Morgan fingerprint density at radius 3 is 2.90 bits per heavy atom. The summed E-state index contributed by atoms with van der Waals surface area (Å²) in [5.74, 6) is 0. The van der Waals surface area contributed by atoms with Crippen molar-refractivity contribution in [3.05, 3.63) is 52.7 Å². The normalized spacial score (nSPS) is 12.9. The first kappa shape index (κ1) is 13.3. The molecule has 20 heavy (non-hydrogen) atoms. The molecule has 1 atom stereocenters. The fourth-order valence-electron chi connectivity index (χ4n) is 2.53. The van der Waals surface area contributed by atoms with Crippen molar-refractivity contribution in [3.63, 3.8) is 0 Å². The van der Waals surface area contributed by atoms with Crippen LogP contribution in [0.2, 0.25) is 0 Å². The largest absolute Gasteiger partial charge is 0.386 e. The number of rotatable bonds is 4. The van der Waals surface area contributed by atoms with E-state index in [0.29, 0.717) is 6.42 Å². The van der Waals surface area contributed by atoms with Crippen LogP contribution in [-0.2, 0) is 19.9 Å². The van der Waals surface area contributed by atoms with Crippen LogP contribution in [0.25, 0.3) is 10.1 Å². The molecule has 3 rings (SSSR count). The van der Waals surface area contributed by atoms with Gasteiger partial charge in [0.15, 0.2) is 0 Å². The van der Waals surface area contributed by atoms with Gasteiger partial charge in [0.1, 0.15) is 0 Å². The molecule has 0 saturated heterocycles. The highest BCUT2D eigenvalue weighted by molar-refractivity contribution is 7.17. The molecule has 0 aliphatic carbocycles. The molecule has 1 aromatic carbocycles. The third kappa shape index (κ3) is 2.37. The fraction of sp³-hybridized carbons (Fsp3) is 0.312. The molecule has 0 bridgehead atoms. The van der Waals surface area contributed by atoms with Crippen LogP contribution < -0.4 is 0 Å². The Balaban J connectivity index is 1.88. The summed E-state index contributed by atoms with van der Waals surface area (Å²) in [6.07, 6.45) is 1.01. The van der Waals surface area contributed by atoms with Gasteiger partial charge in [0.25, 0.3) is 0 Å². The minimum Gasteiger partial charge on any atom is -0.386 e. The van der Waals surface area contributed by atoms with Gasteiger partial charge >= 0.3 is 0 Å². The van der Waals surface area contributed by atoms with Crippen LogP contribution in [0.1, 0.15) is 30.0 Å². The zero-order chi connectivity index (χ0) is 14.1. The maximum atomic E-state index is 10.5. The van der Waals surface area contributed by atoms with Gasteiger partial charge in [0.2, 0.25) is 0 Å². The first-order chi connectivity index (χ1) is 9.69. The molecule has 104 valence electrons. The highest BCUT2D eigenvalue weighted by Crippen LogP contribution is 2.29. The standard InChI is InChI=1S/C16H18N2OS/c1-3-12-9-14(18(2)17-12)15(19)8-11-10-20-16-7-5-4-6-13(11)16/h4-7,9-10,15,19H,3,8H2,1-2H3. The zero-order valence-electron chi connectivity index (χ0n) is 11.7. The summed E-state index contributed by atoms with van der Waals surface area (Å²) >= 11 is 1.73. The number of aliphatic hydroxyl groups is 1. The lowest BCUT2D eigenvalue weighted by atomic mass is 10.0. The minimum atomic E-state index is -0.509. The SMILES string of the molecule is CCc1cc(C(O)Cc2csc3ccccc23)n(C)n1. The quantitative estimate of drug-likeness (QED) is 0.797. The van der Waals surface area contributed by atoms with Crippen molar-refractivity contribution in [1.29, 1.82) is 0 Å². The molecular formula is C16H18N2OS. The van der Waals surface area contributed by atoms with Gasteiger partial charge in [0.05, 0.1) is 17.5 Å². The number of nitrogens with zero attached hydrogens (tertiary/aromatic N) is 2. The molecule has 2 aromatic heterocycles. The average Bonchev–Trinajstić information content (AvgIpc) is 3.03. The van der Waals surface area contributed by atoms with E-state index in [1.807, 2.05) is 25.2 Å². The third-order valence-electron chi connectivity index (χ3n) is 3.64. The van der Waals surface area contributed by atoms with E-state index in [1.54, 1.807) is 16.0 Å². The van der Waals surface area contributed by atoms with E-state index in [1.165, 1.54) is 15.6 Å². The van der Waals surface area contributed by atoms with Crippen molar-refractivity contribution in [2.24, 2.45) is 7.05 Å². The number of hydrogen-bond acceptors (Lipinski definition) is 3. The van der Waals surface area contributed by atoms with E-state index in [0.717, 1.165) is 17.8 Å². The number of benzene rings is 1. The summed E-state index contributed by atoms with van der Waals surface area (Å²) in [7, 11) is 1.89. The Morgan fingerprint density at radius 2 is 2.15 bits per heavy atom. The Labute approximate surface area is 122 Å². The molecule has 0 spiro atoms. The lowest BCUT2D eigenvalue weighted by molar-refractivity contribution is 0.169. The molecule has 0 saturated carbocycles. The number of aliphatic hydroxyl groups excluding tert-OH is 1. The van der Waals surface area contributed by atoms with Crippen LogP contribution in [-0.4, -0.2) is 14.9 Å².